The fraction of sp³-hybridized carbons (Fsp3) is 0.583. The van der Waals surface area contributed by atoms with Gasteiger partial charge in [-0.3, -0.25) is 4.98 Å². The average Bonchev–Trinajstić information content (AvgIpc) is 3.46. The third kappa shape index (κ3) is 6.94. The lowest BCUT2D eigenvalue weighted by molar-refractivity contribution is 0.0757. The molecule has 0 unspecified atom stereocenters. The average molecular weight is 501 g/mol. The molecular formula is C24H36N6O2SSi. The minimum Gasteiger partial charge on any atom is -0.383 e. The number of pyridine rings is 2. The molecule has 184 valence electrons. The fourth-order valence-corrected chi connectivity index (χ4v) is 5.73. The molecule has 1 fully saturated rings. The van der Waals surface area contributed by atoms with Crippen LogP contribution in [0.5, 0.6) is 0 Å². The van der Waals surface area contributed by atoms with Gasteiger partial charge in [-0.05, 0) is 37.1 Å². The van der Waals surface area contributed by atoms with Crippen molar-refractivity contribution >= 4 is 41.9 Å². The summed E-state index contributed by atoms with van der Waals surface area (Å²) in [7, 11) is 0.560. The van der Waals surface area contributed by atoms with Crippen LogP contribution in [0, 0.1) is 0 Å². The molecule has 1 aliphatic carbocycles. The SMILES string of the molecule is COCCNc1cnc2ccc(N=c3sc(C4CCCC4)nn3COCC[Si](C)(C)C)nc2c1. The maximum Gasteiger partial charge on any atom is 0.211 e. The number of aromatic nitrogens is 4. The first-order valence-electron chi connectivity index (χ1n) is 12.1. The van der Waals surface area contributed by atoms with Crippen LogP contribution >= 0.6 is 11.3 Å². The Morgan fingerprint density at radius 3 is 2.76 bits per heavy atom. The van der Waals surface area contributed by atoms with Gasteiger partial charge in [0.05, 0.1) is 29.5 Å². The van der Waals surface area contributed by atoms with Gasteiger partial charge in [0, 0.05) is 34.3 Å². The summed E-state index contributed by atoms with van der Waals surface area (Å²) in [5.74, 6) is 1.19. The van der Waals surface area contributed by atoms with Gasteiger partial charge in [0.15, 0.2) is 5.82 Å². The predicted molar refractivity (Wildman–Crippen MR) is 141 cm³/mol. The molecule has 1 N–H and O–H groups in total. The van der Waals surface area contributed by atoms with Gasteiger partial charge >= 0.3 is 0 Å². The van der Waals surface area contributed by atoms with E-state index < -0.39 is 8.07 Å². The Morgan fingerprint density at radius 2 is 2.00 bits per heavy atom. The van der Waals surface area contributed by atoms with Gasteiger partial charge in [0.1, 0.15) is 11.7 Å². The van der Waals surface area contributed by atoms with Crippen molar-refractivity contribution in [3.8, 4) is 0 Å². The Balaban J connectivity index is 1.58. The lowest BCUT2D eigenvalue weighted by atomic mass is 10.1. The van der Waals surface area contributed by atoms with Gasteiger partial charge in [-0.25, -0.2) is 9.67 Å². The van der Waals surface area contributed by atoms with Crippen LogP contribution in [0.3, 0.4) is 0 Å². The summed E-state index contributed by atoms with van der Waals surface area (Å²) in [6.45, 7) is 9.64. The Labute approximate surface area is 206 Å². The Bertz CT molecular complexity index is 1150. The van der Waals surface area contributed by atoms with E-state index in [0.717, 1.165) is 45.7 Å². The largest absolute Gasteiger partial charge is 0.383 e. The summed E-state index contributed by atoms with van der Waals surface area (Å²) in [5, 5.41) is 9.38. The molecular weight excluding hydrogens is 464 g/mol. The van der Waals surface area contributed by atoms with Gasteiger partial charge in [-0.1, -0.05) is 43.8 Å². The molecule has 1 saturated carbocycles. The number of methoxy groups -OCH3 is 1. The van der Waals surface area contributed by atoms with E-state index in [0.29, 0.717) is 25.1 Å². The van der Waals surface area contributed by atoms with Crippen molar-refractivity contribution in [1.82, 2.24) is 19.7 Å². The van der Waals surface area contributed by atoms with E-state index in [1.807, 2.05) is 29.1 Å². The second kappa shape index (κ2) is 11.5. The van der Waals surface area contributed by atoms with Gasteiger partial charge in [-0.2, -0.15) is 10.1 Å². The first-order valence-corrected chi connectivity index (χ1v) is 16.6. The summed E-state index contributed by atoms with van der Waals surface area (Å²) in [4.78, 5) is 15.0. The Kier molecular flexibility index (Phi) is 8.46. The van der Waals surface area contributed by atoms with Crippen LogP contribution in [0.1, 0.15) is 36.6 Å². The lowest BCUT2D eigenvalue weighted by Crippen LogP contribution is -2.24. The minimum absolute atomic E-state index is 0.426. The van der Waals surface area contributed by atoms with Crippen molar-refractivity contribution in [3.63, 3.8) is 0 Å². The van der Waals surface area contributed by atoms with Crippen molar-refractivity contribution in [1.29, 1.82) is 0 Å². The van der Waals surface area contributed by atoms with Gasteiger partial charge < -0.3 is 14.8 Å². The van der Waals surface area contributed by atoms with Crippen LogP contribution in [-0.4, -0.2) is 54.7 Å². The monoisotopic (exact) mass is 500 g/mol. The van der Waals surface area contributed by atoms with Gasteiger partial charge in [0.25, 0.3) is 0 Å². The van der Waals surface area contributed by atoms with Crippen molar-refractivity contribution in [2.45, 2.75) is 64.0 Å². The molecule has 1 aliphatic rings. The zero-order valence-electron chi connectivity index (χ0n) is 20.7. The third-order valence-corrected chi connectivity index (χ3v) is 8.73. The maximum absolute atomic E-state index is 6.02. The van der Waals surface area contributed by atoms with Crippen molar-refractivity contribution in [2.24, 2.45) is 4.99 Å². The van der Waals surface area contributed by atoms with Crippen LogP contribution in [0.15, 0.2) is 29.4 Å². The number of ether oxygens (including phenoxy) is 2. The van der Waals surface area contributed by atoms with Crippen molar-refractivity contribution in [2.75, 3.05) is 32.2 Å². The molecule has 3 heterocycles. The molecule has 3 aromatic rings. The van der Waals surface area contributed by atoms with Gasteiger partial charge in [0.2, 0.25) is 4.80 Å². The summed E-state index contributed by atoms with van der Waals surface area (Å²) < 4.78 is 13.0. The Hall–Kier alpha value is -2.14. The van der Waals surface area contributed by atoms with E-state index >= 15 is 0 Å². The molecule has 0 amide bonds. The molecule has 34 heavy (non-hydrogen) atoms. The highest BCUT2D eigenvalue weighted by Gasteiger charge is 2.21. The molecule has 4 rings (SSSR count). The topological polar surface area (TPSA) is 86.5 Å². The fourth-order valence-electron chi connectivity index (χ4n) is 3.91. The van der Waals surface area contributed by atoms with Crippen LogP contribution in [0.4, 0.5) is 11.5 Å². The first kappa shape index (κ1) is 25.0. The number of rotatable bonds is 11. The summed E-state index contributed by atoms with van der Waals surface area (Å²) >= 11 is 1.67. The summed E-state index contributed by atoms with van der Waals surface area (Å²) in [6.07, 6.45) is 6.80. The third-order valence-electron chi connectivity index (χ3n) is 5.92. The molecule has 0 spiro atoms. The van der Waals surface area contributed by atoms with E-state index in [2.05, 4.69) is 29.9 Å². The summed E-state index contributed by atoms with van der Waals surface area (Å²) in [6, 6.07) is 7.02. The quantitative estimate of drug-likeness (QED) is 0.289. The molecule has 0 bridgehead atoms. The predicted octanol–water partition coefficient (Wildman–Crippen LogP) is 5.15. The molecule has 10 heteroatoms. The van der Waals surface area contributed by atoms with E-state index in [1.54, 1.807) is 18.4 Å². The molecule has 0 atom stereocenters. The van der Waals surface area contributed by atoms with Crippen molar-refractivity contribution < 1.29 is 9.47 Å². The zero-order chi connectivity index (χ0) is 24.0. The smallest absolute Gasteiger partial charge is 0.211 e. The number of nitrogens with zero attached hydrogens (tertiary/aromatic N) is 5. The second-order valence-electron chi connectivity index (χ2n) is 10.0. The van der Waals surface area contributed by atoms with Gasteiger partial charge in [-0.15, -0.1) is 0 Å². The number of hydrogen-bond acceptors (Lipinski definition) is 8. The van der Waals surface area contributed by atoms with Crippen molar-refractivity contribution in [3.05, 3.63) is 34.2 Å². The number of hydrogen-bond donors (Lipinski definition) is 1. The molecule has 3 aromatic heterocycles. The van der Waals surface area contributed by atoms with E-state index in [-0.39, 0.29) is 0 Å². The highest BCUT2D eigenvalue weighted by Crippen LogP contribution is 2.34. The molecule has 0 saturated heterocycles. The van der Waals surface area contributed by atoms with Crippen LogP contribution in [0.25, 0.3) is 11.0 Å². The highest BCUT2D eigenvalue weighted by atomic mass is 32.1. The lowest BCUT2D eigenvalue weighted by Gasteiger charge is -2.15. The number of fused-ring (bicyclic) bond motifs is 1. The highest BCUT2D eigenvalue weighted by molar-refractivity contribution is 7.08. The summed E-state index contributed by atoms with van der Waals surface area (Å²) in [5.41, 5.74) is 2.57. The number of anilines is 1. The number of nitrogens with one attached hydrogen (secondary N) is 1. The first-order chi connectivity index (χ1) is 16.4. The standard InChI is InChI=1S/C24H36N6O2SSi/c1-31-12-11-25-19-15-21-20(26-16-19)9-10-22(27-21)28-24-30(17-32-13-14-34(2,3)4)29-23(33-24)18-7-5-6-8-18/h9-10,15-16,18,25H,5-8,11-14,17H2,1-4H3. The Morgan fingerprint density at radius 1 is 1.18 bits per heavy atom. The van der Waals surface area contributed by atoms with E-state index in [9.17, 15) is 0 Å². The van der Waals surface area contributed by atoms with Crippen LogP contribution in [0.2, 0.25) is 25.7 Å². The van der Waals surface area contributed by atoms with Crippen LogP contribution in [-0.2, 0) is 16.2 Å². The van der Waals surface area contributed by atoms with Crippen LogP contribution < -0.4 is 10.1 Å². The maximum atomic E-state index is 6.02. The molecule has 0 radical (unpaired) electrons. The van der Waals surface area contributed by atoms with E-state index in [1.165, 1.54) is 25.7 Å². The minimum atomic E-state index is -1.13. The molecule has 0 aliphatic heterocycles. The normalized spacial score (nSPS) is 15.5. The molecule has 8 nitrogen and oxygen atoms in total. The zero-order valence-corrected chi connectivity index (χ0v) is 22.5. The second-order valence-corrected chi connectivity index (χ2v) is 16.6. The van der Waals surface area contributed by atoms with E-state index in [4.69, 9.17) is 24.5 Å². The molecule has 0 aromatic carbocycles.